The number of halogens is 1. The molecule has 1 amide bonds. The Hall–Kier alpha value is -3.10. The highest BCUT2D eigenvalue weighted by Gasteiger charge is 2.25. The molecule has 174 valence electrons. The molecule has 1 fully saturated rings. The van der Waals surface area contributed by atoms with Crippen LogP contribution in [0.1, 0.15) is 30.3 Å². The van der Waals surface area contributed by atoms with Gasteiger partial charge in [0.25, 0.3) is 0 Å². The average Bonchev–Trinajstić information content (AvgIpc) is 3.31. The number of carbonyl (C=O) groups excluding carboxylic acids is 1. The number of aryl methyl sites for hydroxylation is 1. The molecule has 7 nitrogen and oxygen atoms in total. The maximum Gasteiger partial charge on any atom is 0.227 e. The molecule has 3 aromatic rings. The first-order valence-electron chi connectivity index (χ1n) is 11.4. The van der Waals surface area contributed by atoms with E-state index in [0.717, 1.165) is 32.6 Å². The zero-order valence-electron chi connectivity index (χ0n) is 18.9. The summed E-state index contributed by atoms with van der Waals surface area (Å²) in [6.45, 7) is 4.67. The largest absolute Gasteiger partial charge is 0.356 e. The van der Waals surface area contributed by atoms with E-state index >= 15 is 0 Å². The first kappa shape index (κ1) is 23.1. The Kier molecular flexibility index (Phi) is 7.80. The van der Waals surface area contributed by atoms with Crippen molar-refractivity contribution in [1.29, 1.82) is 0 Å². The van der Waals surface area contributed by atoms with Gasteiger partial charge < -0.3 is 14.7 Å². The summed E-state index contributed by atoms with van der Waals surface area (Å²) >= 11 is 0. The quantitative estimate of drug-likeness (QED) is 0.503. The number of rotatable bonds is 9. The van der Waals surface area contributed by atoms with Crippen LogP contribution in [0.3, 0.4) is 0 Å². The fourth-order valence-electron chi connectivity index (χ4n) is 4.11. The monoisotopic (exact) mass is 451 g/mol. The van der Waals surface area contributed by atoms with Crippen molar-refractivity contribution in [3.8, 4) is 11.4 Å². The summed E-state index contributed by atoms with van der Waals surface area (Å²) in [6, 6.07) is 16.9. The zero-order chi connectivity index (χ0) is 23.0. The number of nitrogens with zero attached hydrogens (tertiary/aromatic N) is 4. The topological polar surface area (TPSA) is 74.5 Å². The van der Waals surface area contributed by atoms with Gasteiger partial charge in [-0.3, -0.25) is 9.69 Å². The molecule has 1 aromatic heterocycles. The standard InChI is InChI=1S/C25H30FN5O2/c1-30-16-17-31(22(18-30)19-6-3-2-4-7-19)15-5-14-27-23(32)12-13-24-28-25(29-33-24)20-8-10-21(26)11-9-20/h2-4,6-11,22H,5,12-18H2,1H3,(H,27,32). The molecule has 1 N–H and O–H groups in total. The predicted octanol–water partition coefficient (Wildman–Crippen LogP) is 3.30. The number of amides is 1. The molecule has 2 aromatic carbocycles. The van der Waals surface area contributed by atoms with Gasteiger partial charge in [-0.05, 0) is 43.3 Å². The molecular weight excluding hydrogens is 421 g/mol. The molecule has 0 spiro atoms. The lowest BCUT2D eigenvalue weighted by Gasteiger charge is -2.40. The molecule has 0 radical (unpaired) electrons. The minimum atomic E-state index is -0.317. The summed E-state index contributed by atoms with van der Waals surface area (Å²) in [5, 5.41) is 6.90. The molecule has 1 aliphatic heterocycles. The first-order chi connectivity index (χ1) is 16.1. The van der Waals surface area contributed by atoms with Crippen molar-refractivity contribution < 1.29 is 13.7 Å². The van der Waals surface area contributed by atoms with Crippen molar-refractivity contribution >= 4 is 5.91 Å². The van der Waals surface area contributed by atoms with Crippen LogP contribution in [0.5, 0.6) is 0 Å². The highest BCUT2D eigenvalue weighted by molar-refractivity contribution is 5.76. The summed E-state index contributed by atoms with van der Waals surface area (Å²) in [4.78, 5) is 21.4. The van der Waals surface area contributed by atoms with Crippen LogP contribution in [0.25, 0.3) is 11.4 Å². The van der Waals surface area contributed by atoms with Gasteiger partial charge in [0, 0.05) is 57.2 Å². The second-order valence-electron chi connectivity index (χ2n) is 8.45. The van der Waals surface area contributed by atoms with Crippen molar-refractivity contribution in [3.63, 3.8) is 0 Å². The third kappa shape index (κ3) is 6.46. The van der Waals surface area contributed by atoms with E-state index in [1.54, 1.807) is 12.1 Å². The molecule has 1 saturated heterocycles. The number of nitrogens with one attached hydrogen (secondary N) is 1. The minimum Gasteiger partial charge on any atom is -0.356 e. The highest BCUT2D eigenvalue weighted by atomic mass is 19.1. The second-order valence-corrected chi connectivity index (χ2v) is 8.45. The van der Waals surface area contributed by atoms with E-state index in [1.807, 2.05) is 6.07 Å². The normalized spacial score (nSPS) is 17.2. The van der Waals surface area contributed by atoms with Crippen LogP contribution in [0.4, 0.5) is 4.39 Å². The van der Waals surface area contributed by atoms with E-state index in [-0.39, 0.29) is 18.1 Å². The van der Waals surface area contributed by atoms with E-state index < -0.39 is 0 Å². The van der Waals surface area contributed by atoms with Crippen LogP contribution in [-0.4, -0.2) is 65.6 Å². The van der Waals surface area contributed by atoms with Crippen LogP contribution in [0, 0.1) is 5.82 Å². The molecule has 0 saturated carbocycles. The summed E-state index contributed by atoms with van der Waals surface area (Å²) < 4.78 is 18.3. The van der Waals surface area contributed by atoms with Gasteiger partial charge in [-0.25, -0.2) is 4.39 Å². The molecule has 33 heavy (non-hydrogen) atoms. The number of hydrogen-bond acceptors (Lipinski definition) is 6. The van der Waals surface area contributed by atoms with Gasteiger partial charge in [0.15, 0.2) is 0 Å². The van der Waals surface area contributed by atoms with Crippen LogP contribution in [0.15, 0.2) is 59.1 Å². The van der Waals surface area contributed by atoms with Crippen molar-refractivity contribution in [2.24, 2.45) is 0 Å². The van der Waals surface area contributed by atoms with E-state index in [4.69, 9.17) is 4.52 Å². The molecule has 1 atom stereocenters. The number of aromatic nitrogens is 2. The zero-order valence-corrected chi connectivity index (χ0v) is 18.9. The molecule has 8 heteroatoms. The third-order valence-electron chi connectivity index (χ3n) is 5.96. The Morgan fingerprint density at radius 3 is 2.73 bits per heavy atom. The molecular formula is C25H30FN5O2. The van der Waals surface area contributed by atoms with Crippen LogP contribution in [0.2, 0.25) is 0 Å². The number of likely N-dealkylation sites (N-methyl/N-ethyl adjacent to an activating group) is 1. The Bertz CT molecular complexity index is 1020. The van der Waals surface area contributed by atoms with Gasteiger partial charge in [0.2, 0.25) is 17.6 Å². The molecule has 1 unspecified atom stereocenters. The predicted molar refractivity (Wildman–Crippen MR) is 124 cm³/mol. The second kappa shape index (κ2) is 11.2. The number of carbonyl (C=O) groups is 1. The van der Waals surface area contributed by atoms with Gasteiger partial charge >= 0.3 is 0 Å². The van der Waals surface area contributed by atoms with E-state index in [0.29, 0.717) is 36.3 Å². The van der Waals surface area contributed by atoms with Gasteiger partial charge in [-0.2, -0.15) is 4.98 Å². The van der Waals surface area contributed by atoms with Crippen LogP contribution >= 0.6 is 0 Å². The van der Waals surface area contributed by atoms with Crippen LogP contribution in [-0.2, 0) is 11.2 Å². The molecule has 0 aliphatic carbocycles. The minimum absolute atomic E-state index is 0.0329. The van der Waals surface area contributed by atoms with E-state index in [1.165, 1.54) is 17.7 Å². The smallest absolute Gasteiger partial charge is 0.227 e. The Labute approximate surface area is 193 Å². The third-order valence-corrected chi connectivity index (χ3v) is 5.96. The summed E-state index contributed by atoms with van der Waals surface area (Å²) in [7, 11) is 2.17. The highest BCUT2D eigenvalue weighted by Crippen LogP contribution is 2.24. The van der Waals surface area contributed by atoms with Gasteiger partial charge in [-0.1, -0.05) is 35.5 Å². The Morgan fingerprint density at radius 1 is 1.15 bits per heavy atom. The van der Waals surface area contributed by atoms with E-state index in [2.05, 4.69) is 56.6 Å². The SMILES string of the molecule is CN1CCN(CCCNC(=O)CCc2nc(-c3ccc(F)cc3)no2)C(c2ccccc2)C1. The maximum atomic E-state index is 13.0. The lowest BCUT2D eigenvalue weighted by molar-refractivity contribution is -0.121. The summed E-state index contributed by atoms with van der Waals surface area (Å²) in [5.74, 6) is 0.440. The van der Waals surface area contributed by atoms with Crippen molar-refractivity contribution in [1.82, 2.24) is 25.3 Å². The van der Waals surface area contributed by atoms with Crippen molar-refractivity contribution in [3.05, 3.63) is 71.9 Å². The van der Waals surface area contributed by atoms with Crippen LogP contribution < -0.4 is 5.32 Å². The molecule has 1 aliphatic rings. The van der Waals surface area contributed by atoms with E-state index in [9.17, 15) is 9.18 Å². The van der Waals surface area contributed by atoms with Crippen molar-refractivity contribution in [2.45, 2.75) is 25.3 Å². The van der Waals surface area contributed by atoms with Gasteiger partial charge in [-0.15, -0.1) is 0 Å². The molecule has 0 bridgehead atoms. The summed E-state index contributed by atoms with van der Waals surface area (Å²) in [6.07, 6.45) is 1.55. The van der Waals surface area contributed by atoms with Crippen molar-refractivity contribution in [2.75, 3.05) is 39.8 Å². The number of piperazine rings is 1. The summed E-state index contributed by atoms with van der Waals surface area (Å²) in [5.41, 5.74) is 2.02. The molecule has 4 rings (SSSR count). The maximum absolute atomic E-state index is 13.0. The number of benzene rings is 2. The van der Waals surface area contributed by atoms with Gasteiger partial charge in [0.1, 0.15) is 5.82 Å². The molecule has 2 heterocycles. The average molecular weight is 452 g/mol. The lowest BCUT2D eigenvalue weighted by atomic mass is 10.0. The fraction of sp³-hybridized carbons (Fsp3) is 0.400. The Morgan fingerprint density at radius 2 is 1.94 bits per heavy atom. The first-order valence-corrected chi connectivity index (χ1v) is 11.4. The number of hydrogen-bond donors (Lipinski definition) is 1. The van der Waals surface area contributed by atoms with Gasteiger partial charge in [0.05, 0.1) is 0 Å². The lowest BCUT2D eigenvalue weighted by Crippen LogP contribution is -2.47. The Balaban J connectivity index is 1.19. The fourth-order valence-corrected chi connectivity index (χ4v) is 4.11.